The van der Waals surface area contributed by atoms with Gasteiger partial charge in [0, 0.05) is 25.1 Å². The Morgan fingerprint density at radius 1 is 1.15 bits per heavy atom. The molecule has 0 aliphatic rings. The molecule has 2 aromatic heterocycles. The zero-order valence-electron chi connectivity index (χ0n) is 18.6. The van der Waals surface area contributed by atoms with Crippen LogP contribution in [0.3, 0.4) is 0 Å². The molecule has 0 aliphatic heterocycles. The van der Waals surface area contributed by atoms with Gasteiger partial charge in [0.25, 0.3) is 0 Å². The number of methoxy groups -OCH3 is 1. The lowest BCUT2D eigenvalue weighted by molar-refractivity contribution is -0.142. The van der Waals surface area contributed by atoms with Gasteiger partial charge in [-0.05, 0) is 41.3 Å². The van der Waals surface area contributed by atoms with Crippen molar-refractivity contribution < 1.29 is 18.7 Å². The Morgan fingerprint density at radius 2 is 1.94 bits per heavy atom. The Labute approximate surface area is 199 Å². The summed E-state index contributed by atoms with van der Waals surface area (Å²) in [5.74, 6) is -1.01. The zero-order chi connectivity index (χ0) is 23.9. The van der Waals surface area contributed by atoms with Crippen LogP contribution in [0.5, 0.6) is 0 Å². The van der Waals surface area contributed by atoms with Gasteiger partial charge >= 0.3 is 0 Å². The largest absolute Gasteiger partial charge is 0.383 e. The number of nitrogens with one attached hydrogen (secondary N) is 1. The predicted molar refractivity (Wildman–Crippen MR) is 126 cm³/mol. The minimum Gasteiger partial charge on any atom is -0.383 e. The van der Waals surface area contributed by atoms with Crippen LogP contribution in [0.4, 0.5) is 4.39 Å². The number of thiophene rings is 1. The summed E-state index contributed by atoms with van der Waals surface area (Å²) in [6.45, 7) is 0.671. The third-order valence-electron chi connectivity index (χ3n) is 5.27. The first-order chi connectivity index (χ1) is 16.6. The van der Waals surface area contributed by atoms with E-state index in [1.165, 1.54) is 33.1 Å². The van der Waals surface area contributed by atoms with Crippen LogP contribution in [0, 0.1) is 5.82 Å². The second-order valence-corrected chi connectivity index (χ2v) is 8.56. The number of amides is 2. The molecule has 0 fully saturated rings. The molecule has 1 unspecified atom stereocenters. The predicted octanol–water partition coefficient (Wildman–Crippen LogP) is 3.16. The fraction of sp³-hybridized carbons (Fsp3) is 0.250. The number of aromatic nitrogens is 3. The highest BCUT2D eigenvalue weighted by Gasteiger charge is 2.32. The van der Waals surface area contributed by atoms with Crippen LogP contribution < -0.4 is 5.32 Å². The number of rotatable bonds is 10. The fourth-order valence-corrected chi connectivity index (χ4v) is 4.44. The average Bonchev–Trinajstić information content (AvgIpc) is 3.51. The lowest BCUT2D eigenvalue weighted by atomic mass is 10.1. The van der Waals surface area contributed by atoms with Gasteiger partial charge in [0.05, 0.1) is 12.1 Å². The third-order valence-corrected chi connectivity index (χ3v) is 6.19. The minimum absolute atomic E-state index is 0.102. The Kier molecular flexibility index (Phi) is 7.61. The standard InChI is InChI=1S/C24H24FN5O3S/c1-33-13-12-26-24(32)23(21-7-4-14-34-21)29(15-17-8-10-18(25)11-9-17)22(31)16-30-20-6-3-2-5-19(20)27-28-30/h2-11,14,23H,12-13,15-16H2,1H3,(H,26,32). The first kappa shape index (κ1) is 23.5. The number of hydrogen-bond donors (Lipinski definition) is 1. The van der Waals surface area contributed by atoms with Gasteiger partial charge in [-0.2, -0.15) is 0 Å². The second kappa shape index (κ2) is 11.0. The van der Waals surface area contributed by atoms with E-state index in [9.17, 15) is 14.0 Å². The van der Waals surface area contributed by atoms with Crippen LogP contribution in [0.2, 0.25) is 0 Å². The molecule has 34 heavy (non-hydrogen) atoms. The van der Waals surface area contributed by atoms with Crippen molar-refractivity contribution in [1.82, 2.24) is 25.2 Å². The smallest absolute Gasteiger partial charge is 0.248 e. The van der Waals surface area contributed by atoms with Crippen molar-refractivity contribution in [3.63, 3.8) is 0 Å². The lowest BCUT2D eigenvalue weighted by Crippen LogP contribution is -2.45. The molecule has 176 valence electrons. The molecule has 1 N–H and O–H groups in total. The first-order valence-electron chi connectivity index (χ1n) is 10.7. The van der Waals surface area contributed by atoms with Gasteiger partial charge in [-0.15, -0.1) is 16.4 Å². The number of carbonyl (C=O) groups excluding carboxylic acids is 2. The summed E-state index contributed by atoms with van der Waals surface area (Å²) in [7, 11) is 1.55. The van der Waals surface area contributed by atoms with E-state index in [0.29, 0.717) is 29.1 Å². The molecule has 4 aromatic rings. The molecule has 0 spiro atoms. The summed E-state index contributed by atoms with van der Waals surface area (Å²) in [5.41, 5.74) is 2.09. The Balaban J connectivity index is 1.68. The van der Waals surface area contributed by atoms with Crippen LogP contribution in [-0.4, -0.2) is 52.0 Å². The van der Waals surface area contributed by atoms with E-state index in [2.05, 4.69) is 15.6 Å². The quantitative estimate of drug-likeness (QED) is 0.352. The van der Waals surface area contributed by atoms with E-state index in [-0.39, 0.29) is 30.7 Å². The molecule has 4 rings (SSSR count). The van der Waals surface area contributed by atoms with Gasteiger partial charge in [-0.25, -0.2) is 9.07 Å². The molecule has 2 amide bonds. The molecular formula is C24H24FN5O3S. The number of halogens is 1. The van der Waals surface area contributed by atoms with E-state index < -0.39 is 6.04 Å². The number of fused-ring (bicyclic) bond motifs is 1. The normalized spacial score (nSPS) is 11.9. The van der Waals surface area contributed by atoms with Crippen molar-refractivity contribution in [1.29, 1.82) is 0 Å². The third kappa shape index (κ3) is 5.46. The molecule has 10 heteroatoms. The Bertz CT molecular complexity index is 1240. The molecule has 2 aromatic carbocycles. The van der Waals surface area contributed by atoms with Crippen LogP contribution in [0.15, 0.2) is 66.0 Å². The number of para-hydroxylation sites is 1. The topological polar surface area (TPSA) is 89.4 Å². The molecule has 0 saturated heterocycles. The van der Waals surface area contributed by atoms with Crippen LogP contribution in [0.1, 0.15) is 16.5 Å². The molecular weight excluding hydrogens is 457 g/mol. The maximum absolute atomic E-state index is 13.7. The highest BCUT2D eigenvalue weighted by Crippen LogP contribution is 2.28. The highest BCUT2D eigenvalue weighted by molar-refractivity contribution is 7.10. The molecule has 0 saturated carbocycles. The molecule has 0 aliphatic carbocycles. The van der Waals surface area contributed by atoms with Gasteiger partial charge in [0.1, 0.15) is 23.9 Å². The Hall–Kier alpha value is -3.63. The highest BCUT2D eigenvalue weighted by atomic mass is 32.1. The summed E-state index contributed by atoms with van der Waals surface area (Å²) >= 11 is 1.39. The summed E-state index contributed by atoms with van der Waals surface area (Å²) in [4.78, 5) is 29.1. The van der Waals surface area contributed by atoms with Gasteiger partial charge < -0.3 is 15.0 Å². The van der Waals surface area contributed by atoms with Gasteiger partial charge in [-0.1, -0.05) is 35.5 Å². The number of carbonyl (C=O) groups is 2. The van der Waals surface area contributed by atoms with Crippen molar-refractivity contribution in [2.75, 3.05) is 20.3 Å². The second-order valence-electron chi connectivity index (χ2n) is 7.59. The summed E-state index contributed by atoms with van der Waals surface area (Å²) in [6.07, 6.45) is 0. The van der Waals surface area contributed by atoms with E-state index in [0.717, 1.165) is 5.52 Å². The maximum Gasteiger partial charge on any atom is 0.248 e. The van der Waals surface area contributed by atoms with E-state index in [1.54, 1.807) is 19.2 Å². The van der Waals surface area contributed by atoms with E-state index in [4.69, 9.17) is 4.74 Å². The van der Waals surface area contributed by atoms with Crippen molar-refractivity contribution in [3.8, 4) is 0 Å². The van der Waals surface area contributed by atoms with Crippen LogP contribution in [0.25, 0.3) is 11.0 Å². The monoisotopic (exact) mass is 481 g/mol. The van der Waals surface area contributed by atoms with Crippen LogP contribution >= 0.6 is 11.3 Å². The van der Waals surface area contributed by atoms with Gasteiger partial charge in [-0.3, -0.25) is 9.59 Å². The molecule has 8 nitrogen and oxygen atoms in total. The van der Waals surface area contributed by atoms with Crippen molar-refractivity contribution >= 4 is 34.2 Å². The average molecular weight is 482 g/mol. The SMILES string of the molecule is COCCNC(=O)C(c1cccs1)N(Cc1ccc(F)cc1)C(=O)Cn1nnc2ccccc21. The Morgan fingerprint density at radius 3 is 2.68 bits per heavy atom. The fourth-order valence-electron chi connectivity index (χ4n) is 3.61. The zero-order valence-corrected chi connectivity index (χ0v) is 19.4. The number of benzene rings is 2. The van der Waals surface area contributed by atoms with E-state index >= 15 is 0 Å². The summed E-state index contributed by atoms with van der Waals surface area (Å²) in [5, 5.41) is 12.9. The van der Waals surface area contributed by atoms with Crippen molar-refractivity contribution in [2.24, 2.45) is 0 Å². The number of nitrogens with zero attached hydrogens (tertiary/aromatic N) is 4. The van der Waals surface area contributed by atoms with Gasteiger partial charge in [0.2, 0.25) is 11.8 Å². The first-order valence-corrected chi connectivity index (χ1v) is 11.6. The maximum atomic E-state index is 13.7. The molecule has 2 heterocycles. The number of hydrogen-bond acceptors (Lipinski definition) is 6. The van der Waals surface area contributed by atoms with Crippen molar-refractivity contribution in [3.05, 3.63) is 82.3 Å². The summed E-state index contributed by atoms with van der Waals surface area (Å²) in [6, 6.07) is 16.0. The van der Waals surface area contributed by atoms with E-state index in [1.807, 2.05) is 41.8 Å². The number of ether oxygens (including phenoxy) is 1. The summed E-state index contributed by atoms with van der Waals surface area (Å²) < 4.78 is 20.1. The van der Waals surface area contributed by atoms with Crippen LogP contribution in [-0.2, 0) is 27.4 Å². The lowest BCUT2D eigenvalue weighted by Gasteiger charge is -2.30. The van der Waals surface area contributed by atoms with Gasteiger partial charge in [0.15, 0.2) is 0 Å². The minimum atomic E-state index is -0.871. The molecule has 0 radical (unpaired) electrons. The molecule has 0 bridgehead atoms. The molecule has 1 atom stereocenters. The van der Waals surface area contributed by atoms with Crippen molar-refractivity contribution in [2.45, 2.75) is 19.1 Å².